The molecule has 3 heterocycles. The number of carbonyl (C=O) groups excluding carboxylic acids is 1. The third-order valence-electron chi connectivity index (χ3n) is 6.55. The Morgan fingerprint density at radius 1 is 1.33 bits per heavy atom. The molecule has 1 amide bonds. The highest BCUT2D eigenvalue weighted by Gasteiger charge is 2.25. The lowest BCUT2D eigenvalue weighted by molar-refractivity contribution is -0.117. The second-order valence-electron chi connectivity index (χ2n) is 8.91. The highest BCUT2D eigenvalue weighted by molar-refractivity contribution is 7.81. The summed E-state index contributed by atoms with van der Waals surface area (Å²) >= 11 is 11.9. The Morgan fingerprint density at radius 3 is 3.00 bits per heavy atom. The molecule has 2 aromatic rings. The van der Waals surface area contributed by atoms with Crippen LogP contribution in [0.25, 0.3) is 0 Å². The van der Waals surface area contributed by atoms with Gasteiger partial charge in [-0.25, -0.2) is 0 Å². The Labute approximate surface area is 222 Å². The first-order valence-electron chi connectivity index (χ1n) is 12.1. The van der Waals surface area contributed by atoms with Crippen LogP contribution in [0.5, 0.6) is 11.5 Å². The van der Waals surface area contributed by atoms with Crippen LogP contribution in [0.15, 0.2) is 47.9 Å². The molecule has 3 N–H and O–H groups in total. The van der Waals surface area contributed by atoms with Crippen molar-refractivity contribution in [3.05, 3.63) is 58.5 Å². The van der Waals surface area contributed by atoms with Crippen molar-refractivity contribution in [2.24, 2.45) is 0 Å². The molecule has 1 atom stereocenters. The predicted octanol–water partition coefficient (Wildman–Crippen LogP) is 3.91. The van der Waals surface area contributed by atoms with E-state index in [0.717, 1.165) is 30.0 Å². The summed E-state index contributed by atoms with van der Waals surface area (Å²) in [5.41, 5.74) is 2.74. The number of pyridine rings is 1. The maximum atomic E-state index is 12.8. The van der Waals surface area contributed by atoms with E-state index in [9.17, 15) is 4.79 Å². The van der Waals surface area contributed by atoms with Crippen molar-refractivity contribution in [1.29, 1.82) is 0 Å². The van der Waals surface area contributed by atoms with E-state index in [4.69, 9.17) is 33.3 Å². The number of ether oxygens (including phenoxy) is 2. The first-order chi connectivity index (χ1) is 17.5. The first kappa shape index (κ1) is 26.2. The lowest BCUT2D eigenvalue weighted by atomic mass is 10.0. The number of para-hydroxylation sites is 1. The Morgan fingerprint density at radius 2 is 2.19 bits per heavy atom. The third-order valence-corrected chi connectivity index (χ3v) is 7.15. The van der Waals surface area contributed by atoms with Crippen molar-refractivity contribution in [1.82, 2.24) is 20.5 Å². The number of nitrogens with zero attached hydrogens (tertiary/aromatic N) is 2. The van der Waals surface area contributed by atoms with E-state index in [1.165, 1.54) is 20.0 Å². The van der Waals surface area contributed by atoms with Gasteiger partial charge in [-0.15, -0.1) is 0 Å². The fraction of sp³-hybridized carbons (Fsp3) is 0.423. The molecule has 2 aliphatic rings. The van der Waals surface area contributed by atoms with E-state index in [1.54, 1.807) is 30.6 Å². The van der Waals surface area contributed by atoms with Crippen LogP contribution >= 0.6 is 23.8 Å². The minimum Gasteiger partial charge on any atom is -0.493 e. The molecular weight excluding hydrogens is 498 g/mol. The molecule has 192 valence electrons. The summed E-state index contributed by atoms with van der Waals surface area (Å²) in [6.07, 6.45) is 7.73. The number of likely N-dealkylation sites (N-methyl/N-ethyl adjacent to an activating group) is 1. The zero-order valence-corrected chi connectivity index (χ0v) is 22.2. The van der Waals surface area contributed by atoms with Gasteiger partial charge in [0.05, 0.1) is 29.6 Å². The third kappa shape index (κ3) is 6.27. The molecule has 0 bridgehead atoms. The van der Waals surface area contributed by atoms with Crippen LogP contribution < -0.4 is 25.4 Å². The average molecular weight is 530 g/mol. The predicted molar refractivity (Wildman–Crippen MR) is 146 cm³/mol. The van der Waals surface area contributed by atoms with Crippen molar-refractivity contribution >= 4 is 40.4 Å². The fourth-order valence-electron chi connectivity index (χ4n) is 4.50. The number of carbonyl (C=O) groups is 1. The molecule has 1 saturated heterocycles. The Balaban J connectivity index is 1.48. The zero-order valence-electron chi connectivity index (χ0n) is 20.6. The summed E-state index contributed by atoms with van der Waals surface area (Å²) in [6.45, 7) is 2.74. The number of benzene rings is 1. The molecule has 36 heavy (non-hydrogen) atoms. The molecular formula is C26H32ClN5O3S. The SMILES string of the molecule is COc1c(Cl)cccc1NC(=S)C1=C(NCc2ccncc2OCC2CCCCN2C)CCNC1=O. The molecule has 1 unspecified atom stereocenters. The number of aromatic nitrogens is 1. The molecule has 8 nitrogen and oxygen atoms in total. The number of piperidine rings is 1. The quantitative estimate of drug-likeness (QED) is 0.421. The summed E-state index contributed by atoms with van der Waals surface area (Å²) in [6, 6.07) is 7.66. The summed E-state index contributed by atoms with van der Waals surface area (Å²) in [4.78, 5) is 19.7. The van der Waals surface area contributed by atoms with Gasteiger partial charge in [0.25, 0.3) is 5.91 Å². The lowest BCUT2D eigenvalue weighted by Gasteiger charge is -2.32. The number of hydrogen-bond acceptors (Lipinski definition) is 7. The molecule has 4 rings (SSSR count). The molecule has 1 fully saturated rings. The van der Waals surface area contributed by atoms with E-state index < -0.39 is 0 Å². The molecule has 1 aromatic carbocycles. The van der Waals surface area contributed by atoms with E-state index in [2.05, 4.69) is 32.9 Å². The maximum Gasteiger partial charge on any atom is 0.256 e. The maximum absolute atomic E-state index is 12.8. The topological polar surface area (TPSA) is 87.8 Å². The van der Waals surface area contributed by atoms with E-state index in [-0.39, 0.29) is 5.91 Å². The Hall–Kier alpha value is -2.88. The molecule has 2 aliphatic heterocycles. The minimum atomic E-state index is -0.228. The van der Waals surface area contributed by atoms with Crippen molar-refractivity contribution < 1.29 is 14.3 Å². The average Bonchev–Trinajstić information content (AvgIpc) is 2.87. The van der Waals surface area contributed by atoms with Crippen molar-refractivity contribution in [2.45, 2.75) is 38.3 Å². The van der Waals surface area contributed by atoms with Gasteiger partial charge >= 0.3 is 0 Å². The minimum absolute atomic E-state index is 0.228. The van der Waals surface area contributed by atoms with Crippen LogP contribution in [0.1, 0.15) is 31.2 Å². The van der Waals surface area contributed by atoms with E-state index in [0.29, 0.717) is 59.2 Å². The van der Waals surface area contributed by atoms with Gasteiger partial charge in [-0.1, -0.05) is 36.3 Å². The van der Waals surface area contributed by atoms with Crippen molar-refractivity contribution in [3.63, 3.8) is 0 Å². The number of methoxy groups -OCH3 is 1. The van der Waals surface area contributed by atoms with Gasteiger partial charge < -0.3 is 30.3 Å². The fourth-order valence-corrected chi connectivity index (χ4v) is 5.07. The van der Waals surface area contributed by atoms with Gasteiger partial charge in [-0.2, -0.15) is 0 Å². The van der Waals surface area contributed by atoms with E-state index >= 15 is 0 Å². The molecule has 0 saturated carbocycles. The van der Waals surface area contributed by atoms with Crippen LogP contribution in [0.3, 0.4) is 0 Å². The second-order valence-corrected chi connectivity index (χ2v) is 9.73. The number of nitrogens with one attached hydrogen (secondary N) is 3. The largest absolute Gasteiger partial charge is 0.493 e. The summed E-state index contributed by atoms with van der Waals surface area (Å²) < 4.78 is 11.6. The number of hydrogen-bond donors (Lipinski definition) is 3. The molecule has 10 heteroatoms. The van der Waals surface area contributed by atoms with Crippen LogP contribution in [0.2, 0.25) is 5.02 Å². The summed E-state index contributed by atoms with van der Waals surface area (Å²) in [5.74, 6) is 0.986. The number of anilines is 1. The van der Waals surface area contributed by atoms with E-state index in [1.807, 2.05) is 6.07 Å². The zero-order chi connectivity index (χ0) is 25.5. The van der Waals surface area contributed by atoms with Crippen LogP contribution in [-0.4, -0.2) is 60.7 Å². The number of halogens is 1. The van der Waals surface area contributed by atoms with Gasteiger partial charge in [0.1, 0.15) is 17.3 Å². The van der Waals surface area contributed by atoms with Gasteiger partial charge in [0.15, 0.2) is 5.75 Å². The number of thiocarbonyl (C=S) groups is 1. The van der Waals surface area contributed by atoms with Crippen LogP contribution in [0.4, 0.5) is 5.69 Å². The monoisotopic (exact) mass is 529 g/mol. The Bertz CT molecular complexity index is 1140. The summed E-state index contributed by atoms with van der Waals surface area (Å²) in [5, 5.41) is 9.89. The smallest absolute Gasteiger partial charge is 0.256 e. The highest BCUT2D eigenvalue weighted by atomic mass is 35.5. The van der Waals surface area contributed by atoms with Crippen molar-refractivity contribution in [3.8, 4) is 11.5 Å². The molecule has 1 aromatic heterocycles. The van der Waals surface area contributed by atoms with Gasteiger partial charge in [0, 0.05) is 43.0 Å². The molecule has 0 spiro atoms. The molecule has 0 aliphatic carbocycles. The van der Waals surface area contributed by atoms with Gasteiger partial charge in [0.2, 0.25) is 0 Å². The number of amides is 1. The van der Waals surface area contributed by atoms with Gasteiger partial charge in [-0.3, -0.25) is 9.78 Å². The highest BCUT2D eigenvalue weighted by Crippen LogP contribution is 2.33. The normalized spacial score (nSPS) is 18.4. The standard InChI is InChI=1S/C26H32ClN5O3S/c1-32-13-4-3-6-18(32)16-35-22-15-28-11-9-17(22)14-30-20-10-12-29-25(33)23(20)26(36)31-21-8-5-7-19(27)24(21)34-2/h5,7-9,11,15,18,30H,3-4,6,10,12-14,16H2,1-2H3,(H,29,33)(H,31,36). The Kier molecular flexibility index (Phi) is 9.01. The molecule has 0 radical (unpaired) electrons. The number of rotatable bonds is 9. The van der Waals surface area contributed by atoms with Crippen molar-refractivity contribution in [2.75, 3.05) is 39.2 Å². The first-order valence-corrected chi connectivity index (χ1v) is 12.9. The number of likely N-dealkylation sites (tertiary alicyclic amines) is 1. The van der Waals surface area contributed by atoms with Crippen LogP contribution in [-0.2, 0) is 11.3 Å². The lowest BCUT2D eigenvalue weighted by Crippen LogP contribution is -2.40. The summed E-state index contributed by atoms with van der Waals surface area (Å²) in [7, 11) is 3.69. The van der Waals surface area contributed by atoms with Crippen LogP contribution in [0, 0.1) is 0 Å². The van der Waals surface area contributed by atoms with Gasteiger partial charge in [-0.05, 0) is 44.6 Å². The second kappa shape index (κ2) is 12.4.